The lowest BCUT2D eigenvalue weighted by Crippen LogP contribution is -2.18. The molecule has 3 rings (SSSR count). The number of hydrogen-bond acceptors (Lipinski definition) is 5. The molecule has 0 spiro atoms. The fourth-order valence-electron chi connectivity index (χ4n) is 2.49. The summed E-state index contributed by atoms with van der Waals surface area (Å²) in [5.74, 6) is 1.80. The van der Waals surface area contributed by atoms with Gasteiger partial charge in [0.05, 0.1) is 11.1 Å². The summed E-state index contributed by atoms with van der Waals surface area (Å²) in [6.07, 6.45) is 2.34. The molecule has 0 saturated carbocycles. The highest BCUT2D eigenvalue weighted by molar-refractivity contribution is 7.89. The highest BCUT2D eigenvalue weighted by Gasteiger charge is 2.14. The summed E-state index contributed by atoms with van der Waals surface area (Å²) in [5.41, 5.74) is 1.82. The highest BCUT2D eigenvalue weighted by Crippen LogP contribution is 2.31. The highest BCUT2D eigenvalue weighted by atomic mass is 32.2. The first kappa shape index (κ1) is 17.3. The predicted molar refractivity (Wildman–Crippen MR) is 95.5 cm³/mol. The van der Waals surface area contributed by atoms with Crippen LogP contribution in [0.3, 0.4) is 0 Å². The summed E-state index contributed by atoms with van der Waals surface area (Å²) < 4.78 is 35.0. The molecule has 132 valence electrons. The van der Waals surface area contributed by atoms with E-state index in [0.29, 0.717) is 23.0 Å². The molecule has 0 aliphatic carbocycles. The fourth-order valence-corrected chi connectivity index (χ4v) is 3.28. The first-order valence-electron chi connectivity index (χ1n) is 7.97. The second-order valence-corrected chi connectivity index (χ2v) is 7.87. The van der Waals surface area contributed by atoms with E-state index in [0.717, 1.165) is 12.0 Å². The Balaban J connectivity index is 1.67. The van der Waals surface area contributed by atoms with Crippen molar-refractivity contribution >= 4 is 16.2 Å². The van der Waals surface area contributed by atoms with E-state index in [-0.39, 0.29) is 11.7 Å². The average Bonchev–Trinajstić information content (AvgIpc) is 3.02. The molecule has 0 saturated heterocycles. The summed E-state index contributed by atoms with van der Waals surface area (Å²) in [4.78, 5) is 2.40. The predicted octanol–water partition coefficient (Wildman–Crippen LogP) is 2.93. The van der Waals surface area contributed by atoms with Gasteiger partial charge in [-0.1, -0.05) is 26.0 Å². The van der Waals surface area contributed by atoms with Crippen molar-refractivity contribution in [1.29, 1.82) is 0 Å². The van der Waals surface area contributed by atoms with Crippen LogP contribution in [0, 0.1) is 5.92 Å². The van der Waals surface area contributed by atoms with Gasteiger partial charge in [0.1, 0.15) is 0 Å². The minimum absolute atomic E-state index is 0.183. The van der Waals surface area contributed by atoms with Crippen molar-refractivity contribution < 1.29 is 17.9 Å². The third kappa shape index (κ3) is 4.30. The number of fused-ring (bicyclic) bond motifs is 1. The minimum Gasteiger partial charge on any atom is -0.454 e. The molecule has 0 fully saturated rings. The smallest absolute Gasteiger partial charge is 0.276 e. The lowest BCUT2D eigenvalue weighted by atomic mass is 10.0. The molecular formula is C18H20N2O4S. The van der Waals surface area contributed by atoms with Crippen LogP contribution in [0.2, 0.25) is 0 Å². The van der Waals surface area contributed by atoms with Crippen LogP contribution in [-0.4, -0.2) is 21.4 Å². The SMILES string of the molecule is CC(C)Cc1ccc(S(=O)(=O)NN=Cc2ccc3c(c2)OCO3)cc1. The van der Waals surface area contributed by atoms with Gasteiger partial charge in [-0.05, 0) is 53.8 Å². The van der Waals surface area contributed by atoms with Crippen LogP contribution < -0.4 is 14.3 Å². The summed E-state index contributed by atoms with van der Waals surface area (Å²) in [6, 6.07) is 12.1. The number of rotatable bonds is 6. The van der Waals surface area contributed by atoms with Crippen molar-refractivity contribution in [1.82, 2.24) is 4.83 Å². The molecule has 2 aromatic carbocycles. The van der Waals surface area contributed by atoms with Gasteiger partial charge >= 0.3 is 0 Å². The minimum atomic E-state index is -3.69. The molecular weight excluding hydrogens is 340 g/mol. The number of hydrogen-bond donors (Lipinski definition) is 1. The Morgan fingerprint density at radius 1 is 1.12 bits per heavy atom. The Kier molecular flexibility index (Phi) is 4.94. The zero-order chi connectivity index (χ0) is 17.9. The third-order valence-corrected chi connectivity index (χ3v) is 4.90. The van der Waals surface area contributed by atoms with Crippen LogP contribution in [0.15, 0.2) is 52.5 Å². The molecule has 0 bridgehead atoms. The van der Waals surface area contributed by atoms with Gasteiger partial charge in [-0.2, -0.15) is 13.5 Å². The molecule has 6 nitrogen and oxygen atoms in total. The van der Waals surface area contributed by atoms with Crippen LogP contribution in [0.1, 0.15) is 25.0 Å². The lowest BCUT2D eigenvalue weighted by Gasteiger charge is -2.07. The van der Waals surface area contributed by atoms with Crippen molar-refractivity contribution in [2.45, 2.75) is 25.2 Å². The van der Waals surface area contributed by atoms with Gasteiger partial charge in [-0.25, -0.2) is 4.83 Å². The van der Waals surface area contributed by atoms with Crippen molar-refractivity contribution in [3.8, 4) is 11.5 Å². The molecule has 7 heteroatoms. The topological polar surface area (TPSA) is 77.0 Å². The van der Waals surface area contributed by atoms with Crippen LogP contribution in [-0.2, 0) is 16.4 Å². The zero-order valence-corrected chi connectivity index (χ0v) is 14.9. The summed E-state index contributed by atoms with van der Waals surface area (Å²) >= 11 is 0. The molecule has 0 amide bonds. The normalized spacial score (nSPS) is 13.6. The Hall–Kier alpha value is -2.54. The first-order chi connectivity index (χ1) is 11.9. The van der Waals surface area contributed by atoms with Gasteiger partial charge in [0.2, 0.25) is 6.79 Å². The van der Waals surface area contributed by atoms with Crippen LogP contribution in [0.25, 0.3) is 0 Å². The molecule has 25 heavy (non-hydrogen) atoms. The third-order valence-electron chi connectivity index (χ3n) is 3.66. The van der Waals surface area contributed by atoms with Gasteiger partial charge in [-0.15, -0.1) is 0 Å². The van der Waals surface area contributed by atoms with Crippen molar-refractivity contribution in [2.24, 2.45) is 11.0 Å². The van der Waals surface area contributed by atoms with E-state index >= 15 is 0 Å². The number of benzene rings is 2. The number of hydrazone groups is 1. The Morgan fingerprint density at radius 3 is 2.56 bits per heavy atom. The molecule has 0 unspecified atom stereocenters. The number of nitrogens with one attached hydrogen (secondary N) is 1. The Bertz CT molecular complexity index is 874. The Labute approximate surface area is 147 Å². The van der Waals surface area contributed by atoms with Gasteiger partial charge < -0.3 is 9.47 Å². The second kappa shape index (κ2) is 7.14. The van der Waals surface area contributed by atoms with Crippen molar-refractivity contribution in [3.05, 3.63) is 53.6 Å². The van der Waals surface area contributed by atoms with Crippen LogP contribution in [0.5, 0.6) is 11.5 Å². The van der Waals surface area contributed by atoms with Crippen molar-refractivity contribution in [2.75, 3.05) is 6.79 Å². The number of nitrogens with zero attached hydrogens (tertiary/aromatic N) is 1. The zero-order valence-electron chi connectivity index (χ0n) is 14.1. The van der Waals surface area contributed by atoms with E-state index in [2.05, 4.69) is 23.8 Å². The summed E-state index contributed by atoms with van der Waals surface area (Å²) in [7, 11) is -3.69. The fraction of sp³-hybridized carbons (Fsp3) is 0.278. The largest absolute Gasteiger partial charge is 0.454 e. The molecule has 1 aliphatic heterocycles. The Morgan fingerprint density at radius 2 is 1.84 bits per heavy atom. The molecule has 0 aromatic heterocycles. The van der Waals surface area contributed by atoms with E-state index in [1.165, 1.54) is 6.21 Å². The van der Waals surface area contributed by atoms with Gasteiger partial charge in [0.15, 0.2) is 11.5 Å². The van der Waals surface area contributed by atoms with E-state index in [9.17, 15) is 8.42 Å². The summed E-state index contributed by atoms with van der Waals surface area (Å²) in [6.45, 7) is 4.43. The molecule has 1 N–H and O–H groups in total. The molecule has 1 heterocycles. The number of sulfonamides is 1. The second-order valence-electron chi connectivity index (χ2n) is 6.21. The molecule has 0 atom stereocenters. The van der Waals surface area contributed by atoms with Gasteiger partial charge in [0, 0.05) is 0 Å². The maximum absolute atomic E-state index is 12.3. The standard InChI is InChI=1S/C18H20N2O4S/c1-13(2)9-14-3-6-16(7-4-14)25(21,22)20-19-11-15-5-8-17-18(10-15)24-12-23-17/h3-8,10-11,13,20H,9,12H2,1-2H3. The van der Waals surface area contributed by atoms with Gasteiger partial charge in [-0.3, -0.25) is 0 Å². The van der Waals surface area contributed by atoms with E-state index < -0.39 is 10.0 Å². The molecule has 2 aromatic rings. The lowest BCUT2D eigenvalue weighted by molar-refractivity contribution is 0.174. The van der Waals surface area contributed by atoms with E-state index in [1.807, 2.05) is 12.1 Å². The quantitative estimate of drug-likeness (QED) is 0.635. The van der Waals surface area contributed by atoms with Crippen molar-refractivity contribution in [3.63, 3.8) is 0 Å². The van der Waals surface area contributed by atoms with E-state index in [1.54, 1.807) is 30.3 Å². The number of ether oxygens (including phenoxy) is 2. The van der Waals surface area contributed by atoms with E-state index in [4.69, 9.17) is 9.47 Å². The maximum Gasteiger partial charge on any atom is 0.276 e. The first-order valence-corrected chi connectivity index (χ1v) is 9.46. The van der Waals surface area contributed by atoms with Crippen LogP contribution >= 0.6 is 0 Å². The summed E-state index contributed by atoms with van der Waals surface area (Å²) in [5, 5.41) is 3.83. The molecule has 0 radical (unpaired) electrons. The van der Waals surface area contributed by atoms with Crippen LogP contribution in [0.4, 0.5) is 0 Å². The van der Waals surface area contributed by atoms with Gasteiger partial charge in [0.25, 0.3) is 10.0 Å². The monoisotopic (exact) mass is 360 g/mol. The molecule has 1 aliphatic rings. The average molecular weight is 360 g/mol. The maximum atomic E-state index is 12.3.